The van der Waals surface area contributed by atoms with E-state index < -0.39 is 5.97 Å². The Labute approximate surface area is 178 Å². The standard InChI is InChI=1S/C24H21N3O4/c1-16-22(23(28)27(26(16)2)19-10-5-4-6-11-19)25-15-20-12-13-21(31-20)17-8-7-9-18(14-17)24(29)30-3/h4-15H,1-3H3. The fourth-order valence-electron chi connectivity index (χ4n) is 3.33. The van der Waals surface area contributed by atoms with Gasteiger partial charge in [-0.3, -0.25) is 9.48 Å². The first kappa shape index (κ1) is 20.2. The van der Waals surface area contributed by atoms with E-state index in [1.54, 1.807) is 39.7 Å². The number of ether oxygens (including phenoxy) is 1. The monoisotopic (exact) mass is 415 g/mol. The van der Waals surface area contributed by atoms with Crippen molar-refractivity contribution in [2.24, 2.45) is 12.0 Å². The van der Waals surface area contributed by atoms with Gasteiger partial charge in [-0.15, -0.1) is 0 Å². The molecule has 2 aromatic carbocycles. The first-order valence-electron chi connectivity index (χ1n) is 9.66. The number of aromatic nitrogens is 2. The second-order valence-electron chi connectivity index (χ2n) is 6.94. The van der Waals surface area contributed by atoms with Crippen LogP contribution in [0.2, 0.25) is 0 Å². The molecule has 31 heavy (non-hydrogen) atoms. The maximum absolute atomic E-state index is 12.9. The molecule has 0 atom stereocenters. The number of hydrogen-bond donors (Lipinski definition) is 0. The largest absolute Gasteiger partial charge is 0.465 e. The number of hydrogen-bond acceptors (Lipinski definition) is 5. The molecule has 4 aromatic rings. The van der Waals surface area contributed by atoms with Gasteiger partial charge >= 0.3 is 5.97 Å². The molecule has 0 aliphatic carbocycles. The van der Waals surface area contributed by atoms with Gasteiger partial charge in [0.15, 0.2) is 5.69 Å². The first-order valence-corrected chi connectivity index (χ1v) is 9.66. The van der Waals surface area contributed by atoms with Gasteiger partial charge < -0.3 is 9.15 Å². The Morgan fingerprint density at radius 3 is 2.58 bits per heavy atom. The zero-order valence-corrected chi connectivity index (χ0v) is 17.4. The van der Waals surface area contributed by atoms with Gasteiger partial charge in [0, 0.05) is 12.6 Å². The number of aliphatic imine (C=N–C) groups is 1. The van der Waals surface area contributed by atoms with Crippen molar-refractivity contribution in [1.82, 2.24) is 9.36 Å². The smallest absolute Gasteiger partial charge is 0.337 e. The number of benzene rings is 2. The summed E-state index contributed by atoms with van der Waals surface area (Å²) in [4.78, 5) is 29.1. The minimum absolute atomic E-state index is 0.208. The van der Waals surface area contributed by atoms with Crippen molar-refractivity contribution in [2.75, 3.05) is 7.11 Å². The topological polar surface area (TPSA) is 78.7 Å². The molecule has 0 spiro atoms. The normalized spacial score (nSPS) is 11.2. The van der Waals surface area contributed by atoms with Crippen molar-refractivity contribution in [3.8, 4) is 17.0 Å². The predicted molar refractivity (Wildman–Crippen MR) is 118 cm³/mol. The Morgan fingerprint density at radius 2 is 1.84 bits per heavy atom. The highest BCUT2D eigenvalue weighted by molar-refractivity contribution is 5.90. The summed E-state index contributed by atoms with van der Waals surface area (Å²) in [5.74, 6) is 0.663. The molecule has 0 aliphatic heterocycles. The number of rotatable bonds is 5. The Bertz CT molecular complexity index is 1330. The molecule has 7 heteroatoms. The van der Waals surface area contributed by atoms with Crippen molar-refractivity contribution in [3.63, 3.8) is 0 Å². The summed E-state index contributed by atoms with van der Waals surface area (Å²) in [7, 11) is 3.16. The van der Waals surface area contributed by atoms with E-state index in [0.717, 1.165) is 16.9 Å². The maximum atomic E-state index is 12.9. The molecule has 0 amide bonds. The van der Waals surface area contributed by atoms with Gasteiger partial charge in [-0.1, -0.05) is 30.3 Å². The highest BCUT2D eigenvalue weighted by Crippen LogP contribution is 2.23. The quantitative estimate of drug-likeness (QED) is 0.360. The van der Waals surface area contributed by atoms with Crippen LogP contribution in [-0.2, 0) is 11.8 Å². The van der Waals surface area contributed by atoms with Gasteiger partial charge in [-0.2, -0.15) is 0 Å². The van der Waals surface area contributed by atoms with Crippen LogP contribution in [0.1, 0.15) is 21.8 Å². The van der Waals surface area contributed by atoms with Gasteiger partial charge in [0.1, 0.15) is 11.5 Å². The molecule has 0 saturated carbocycles. The van der Waals surface area contributed by atoms with Crippen LogP contribution in [0.3, 0.4) is 0 Å². The van der Waals surface area contributed by atoms with Crippen molar-refractivity contribution in [2.45, 2.75) is 6.92 Å². The Hall–Kier alpha value is -4.13. The lowest BCUT2D eigenvalue weighted by Crippen LogP contribution is -2.19. The fourth-order valence-corrected chi connectivity index (χ4v) is 3.33. The van der Waals surface area contributed by atoms with E-state index >= 15 is 0 Å². The number of methoxy groups -OCH3 is 1. The molecule has 0 aliphatic rings. The molecule has 2 aromatic heterocycles. The molecule has 0 radical (unpaired) electrons. The lowest BCUT2D eigenvalue weighted by Gasteiger charge is -2.07. The molecule has 7 nitrogen and oxygen atoms in total. The summed E-state index contributed by atoms with van der Waals surface area (Å²) in [6, 6.07) is 19.9. The highest BCUT2D eigenvalue weighted by Gasteiger charge is 2.15. The van der Waals surface area contributed by atoms with Crippen LogP contribution in [0.4, 0.5) is 5.69 Å². The van der Waals surface area contributed by atoms with Gasteiger partial charge in [0.2, 0.25) is 0 Å². The average molecular weight is 415 g/mol. The molecule has 156 valence electrons. The average Bonchev–Trinajstić information content (AvgIpc) is 3.35. The van der Waals surface area contributed by atoms with Gasteiger partial charge in [0.05, 0.1) is 30.3 Å². The number of carbonyl (C=O) groups excluding carboxylic acids is 1. The van der Waals surface area contributed by atoms with Gasteiger partial charge in [0.25, 0.3) is 5.56 Å². The van der Waals surface area contributed by atoms with E-state index in [4.69, 9.17) is 9.15 Å². The van der Waals surface area contributed by atoms with E-state index in [-0.39, 0.29) is 5.56 Å². The fraction of sp³-hybridized carbons (Fsp3) is 0.125. The molecule has 0 unspecified atom stereocenters. The third-order valence-corrected chi connectivity index (χ3v) is 5.04. The number of para-hydroxylation sites is 1. The van der Waals surface area contributed by atoms with Crippen molar-refractivity contribution in [1.29, 1.82) is 0 Å². The van der Waals surface area contributed by atoms with E-state index in [1.165, 1.54) is 13.3 Å². The van der Waals surface area contributed by atoms with Crippen LogP contribution in [0.25, 0.3) is 17.0 Å². The molecule has 0 N–H and O–H groups in total. The second kappa shape index (κ2) is 8.31. The zero-order valence-electron chi connectivity index (χ0n) is 17.4. The molecule has 4 rings (SSSR count). The summed E-state index contributed by atoms with van der Waals surface area (Å²) >= 11 is 0. The highest BCUT2D eigenvalue weighted by atomic mass is 16.5. The summed E-state index contributed by atoms with van der Waals surface area (Å²) in [5, 5.41) is 0. The van der Waals surface area contributed by atoms with E-state index in [0.29, 0.717) is 22.8 Å². The molecular weight excluding hydrogens is 394 g/mol. The lowest BCUT2D eigenvalue weighted by molar-refractivity contribution is 0.0601. The minimum atomic E-state index is -0.413. The molecule has 0 bridgehead atoms. The third kappa shape index (κ3) is 3.85. The van der Waals surface area contributed by atoms with Crippen LogP contribution in [-0.4, -0.2) is 28.7 Å². The van der Waals surface area contributed by atoms with Gasteiger partial charge in [-0.05, 0) is 43.3 Å². The van der Waals surface area contributed by atoms with Crippen LogP contribution < -0.4 is 5.56 Å². The van der Waals surface area contributed by atoms with Crippen molar-refractivity contribution < 1.29 is 13.9 Å². The second-order valence-corrected chi connectivity index (χ2v) is 6.94. The first-order chi connectivity index (χ1) is 15.0. The Balaban J connectivity index is 1.64. The van der Waals surface area contributed by atoms with E-state index in [9.17, 15) is 9.59 Å². The molecule has 0 fully saturated rings. The van der Waals surface area contributed by atoms with Crippen LogP contribution in [0.15, 0.2) is 80.9 Å². The lowest BCUT2D eigenvalue weighted by atomic mass is 10.1. The number of esters is 1. The van der Waals surface area contributed by atoms with Gasteiger partial charge in [-0.25, -0.2) is 14.5 Å². The summed E-state index contributed by atoms with van der Waals surface area (Å²) in [6.45, 7) is 1.85. The Morgan fingerprint density at radius 1 is 1.06 bits per heavy atom. The number of furan rings is 1. The number of nitrogens with zero attached hydrogens (tertiary/aromatic N) is 3. The van der Waals surface area contributed by atoms with Crippen LogP contribution >= 0.6 is 0 Å². The third-order valence-electron chi connectivity index (χ3n) is 5.04. The molecule has 2 heterocycles. The molecule has 0 saturated heterocycles. The van der Waals surface area contributed by atoms with E-state index in [2.05, 4.69) is 4.99 Å². The van der Waals surface area contributed by atoms with E-state index in [1.807, 2.05) is 50.4 Å². The zero-order chi connectivity index (χ0) is 22.0. The number of carbonyl (C=O) groups is 1. The Kier molecular flexibility index (Phi) is 5.41. The summed E-state index contributed by atoms with van der Waals surface area (Å²) in [5.41, 5.74) is 2.82. The minimum Gasteiger partial charge on any atom is -0.465 e. The van der Waals surface area contributed by atoms with Crippen LogP contribution in [0.5, 0.6) is 0 Å². The summed E-state index contributed by atoms with van der Waals surface area (Å²) < 4.78 is 14.0. The van der Waals surface area contributed by atoms with Crippen LogP contribution in [0, 0.1) is 6.92 Å². The predicted octanol–water partition coefficient (Wildman–Crippen LogP) is 4.28. The van der Waals surface area contributed by atoms with Crippen molar-refractivity contribution in [3.05, 3.63) is 94.1 Å². The van der Waals surface area contributed by atoms with Crippen molar-refractivity contribution >= 4 is 17.9 Å². The summed E-state index contributed by atoms with van der Waals surface area (Å²) in [6.07, 6.45) is 1.52. The molecular formula is C24H21N3O4. The SMILES string of the molecule is COC(=O)c1cccc(-c2ccc(C=Nc3c(C)n(C)n(-c4ccccc4)c3=O)o2)c1. The maximum Gasteiger partial charge on any atom is 0.337 e.